The highest BCUT2D eigenvalue weighted by molar-refractivity contribution is 9.10. The van der Waals surface area contributed by atoms with Crippen molar-refractivity contribution in [1.29, 1.82) is 0 Å². The molecule has 4 rings (SSSR count). The molecule has 1 saturated heterocycles. The molecule has 1 atom stereocenters. The fourth-order valence-electron chi connectivity index (χ4n) is 3.33. The molecule has 164 valence electrons. The predicted octanol–water partition coefficient (Wildman–Crippen LogP) is 6.63. The minimum Gasteiger partial charge on any atom is -0.489 e. The number of carbonyl (C=O) groups is 2. The Morgan fingerprint density at radius 2 is 1.69 bits per heavy atom. The average Bonchev–Trinajstić information content (AvgIpc) is 3.03. The SMILES string of the molecule is O=C1S[C@@H](Cc2cc(Br)ccc2OCc2ccc(Cl)cc2)C(=O)N1Cc1ccc(F)cc1. The lowest BCUT2D eigenvalue weighted by Crippen LogP contribution is -2.31. The Labute approximate surface area is 202 Å². The van der Waals surface area contributed by atoms with Gasteiger partial charge in [-0.15, -0.1) is 0 Å². The number of benzene rings is 3. The molecular formula is C24H18BrClFNO3S. The van der Waals surface area contributed by atoms with Crippen LogP contribution >= 0.6 is 39.3 Å². The van der Waals surface area contributed by atoms with Gasteiger partial charge in [0.2, 0.25) is 5.91 Å². The Hall–Kier alpha value is -2.35. The van der Waals surface area contributed by atoms with Gasteiger partial charge >= 0.3 is 0 Å². The van der Waals surface area contributed by atoms with E-state index in [4.69, 9.17) is 16.3 Å². The van der Waals surface area contributed by atoms with Crippen LogP contribution in [0.1, 0.15) is 16.7 Å². The Morgan fingerprint density at radius 1 is 1.00 bits per heavy atom. The third-order valence-electron chi connectivity index (χ3n) is 4.99. The van der Waals surface area contributed by atoms with Gasteiger partial charge in [0, 0.05) is 9.50 Å². The maximum Gasteiger partial charge on any atom is 0.289 e. The largest absolute Gasteiger partial charge is 0.489 e. The van der Waals surface area contributed by atoms with Crippen molar-refractivity contribution in [2.24, 2.45) is 0 Å². The van der Waals surface area contributed by atoms with Crippen LogP contribution in [0.25, 0.3) is 0 Å². The molecule has 1 fully saturated rings. The molecule has 1 aliphatic rings. The maximum atomic E-state index is 13.1. The minimum atomic E-state index is -0.546. The number of hydrogen-bond acceptors (Lipinski definition) is 4. The molecule has 0 aromatic heterocycles. The number of nitrogens with zero attached hydrogens (tertiary/aromatic N) is 1. The molecule has 0 unspecified atom stereocenters. The van der Waals surface area contributed by atoms with E-state index in [1.807, 2.05) is 30.3 Å². The summed E-state index contributed by atoms with van der Waals surface area (Å²) in [5.41, 5.74) is 2.50. The molecule has 1 heterocycles. The first-order valence-corrected chi connectivity index (χ1v) is 11.9. The van der Waals surface area contributed by atoms with Gasteiger partial charge in [-0.1, -0.05) is 63.6 Å². The first-order chi connectivity index (χ1) is 15.4. The zero-order chi connectivity index (χ0) is 22.7. The molecule has 3 aromatic rings. The number of imide groups is 1. The van der Waals surface area contributed by atoms with Crippen molar-refractivity contribution in [1.82, 2.24) is 4.90 Å². The van der Waals surface area contributed by atoms with Gasteiger partial charge in [-0.05, 0) is 65.6 Å². The summed E-state index contributed by atoms with van der Waals surface area (Å²) in [6.45, 7) is 0.479. The Bertz CT molecular complexity index is 1140. The van der Waals surface area contributed by atoms with Gasteiger partial charge in [-0.2, -0.15) is 0 Å². The van der Waals surface area contributed by atoms with Crippen molar-refractivity contribution in [3.8, 4) is 5.75 Å². The maximum absolute atomic E-state index is 13.1. The molecule has 0 saturated carbocycles. The number of ether oxygens (including phenoxy) is 1. The summed E-state index contributed by atoms with van der Waals surface area (Å²) in [5, 5.41) is -0.192. The van der Waals surface area contributed by atoms with E-state index in [9.17, 15) is 14.0 Å². The highest BCUT2D eigenvalue weighted by Gasteiger charge is 2.39. The summed E-state index contributed by atoms with van der Waals surface area (Å²) in [6, 6.07) is 18.8. The second-order valence-corrected chi connectivity index (χ2v) is 9.80. The van der Waals surface area contributed by atoms with Crippen LogP contribution in [0.15, 0.2) is 71.2 Å². The molecule has 32 heavy (non-hydrogen) atoms. The van der Waals surface area contributed by atoms with Gasteiger partial charge in [0.15, 0.2) is 0 Å². The van der Waals surface area contributed by atoms with Gasteiger partial charge in [0.1, 0.15) is 18.2 Å². The van der Waals surface area contributed by atoms with Gasteiger partial charge in [-0.25, -0.2) is 4.39 Å². The van der Waals surface area contributed by atoms with E-state index in [1.165, 1.54) is 17.0 Å². The van der Waals surface area contributed by atoms with E-state index in [2.05, 4.69) is 15.9 Å². The molecule has 0 bridgehead atoms. The molecule has 8 heteroatoms. The van der Waals surface area contributed by atoms with Crippen LogP contribution in [0.3, 0.4) is 0 Å². The monoisotopic (exact) mass is 533 g/mol. The highest BCUT2D eigenvalue weighted by atomic mass is 79.9. The Kier molecular flexibility index (Phi) is 7.18. The van der Waals surface area contributed by atoms with Gasteiger partial charge in [-0.3, -0.25) is 14.5 Å². The number of thioether (sulfide) groups is 1. The second-order valence-electron chi connectivity index (χ2n) is 7.29. The van der Waals surface area contributed by atoms with Crippen LogP contribution in [-0.4, -0.2) is 21.3 Å². The third kappa shape index (κ3) is 5.52. The normalized spacial score (nSPS) is 16.0. The molecule has 0 spiro atoms. The fraction of sp³-hybridized carbons (Fsp3) is 0.167. The average molecular weight is 535 g/mol. The zero-order valence-corrected chi connectivity index (χ0v) is 19.9. The molecule has 2 amide bonds. The second kappa shape index (κ2) is 10.1. The van der Waals surface area contributed by atoms with Crippen LogP contribution in [0.5, 0.6) is 5.75 Å². The van der Waals surface area contributed by atoms with Crippen molar-refractivity contribution in [3.63, 3.8) is 0 Å². The van der Waals surface area contributed by atoms with Crippen molar-refractivity contribution < 1.29 is 18.7 Å². The molecule has 1 aliphatic heterocycles. The molecule has 0 aliphatic carbocycles. The summed E-state index contributed by atoms with van der Waals surface area (Å²) in [7, 11) is 0. The summed E-state index contributed by atoms with van der Waals surface area (Å²) in [6.07, 6.45) is 0.352. The van der Waals surface area contributed by atoms with Gasteiger partial charge in [0.05, 0.1) is 11.8 Å². The topological polar surface area (TPSA) is 46.6 Å². The lowest BCUT2D eigenvalue weighted by Gasteiger charge is -2.16. The molecule has 4 nitrogen and oxygen atoms in total. The standard InChI is InChI=1S/C24H18BrClFNO3S/c25-18-5-10-21(31-14-16-1-6-19(26)7-2-16)17(11-18)12-22-23(29)28(24(30)32-22)13-15-3-8-20(27)9-4-15/h1-11,22H,12-14H2/t22-/m0/s1. The van der Waals surface area contributed by atoms with E-state index < -0.39 is 5.25 Å². The van der Waals surface area contributed by atoms with Gasteiger partial charge < -0.3 is 4.74 Å². The lowest BCUT2D eigenvalue weighted by atomic mass is 10.1. The summed E-state index contributed by atoms with van der Waals surface area (Å²) in [4.78, 5) is 26.7. The van der Waals surface area contributed by atoms with E-state index in [0.29, 0.717) is 29.4 Å². The Balaban J connectivity index is 1.46. The van der Waals surface area contributed by atoms with Crippen LogP contribution in [0.2, 0.25) is 5.02 Å². The molecule has 3 aromatic carbocycles. The number of amides is 2. The first kappa shape index (κ1) is 22.8. The number of hydrogen-bond donors (Lipinski definition) is 0. The predicted molar refractivity (Wildman–Crippen MR) is 127 cm³/mol. The molecule has 0 N–H and O–H groups in total. The van der Waals surface area contributed by atoms with Crippen molar-refractivity contribution in [2.45, 2.75) is 24.8 Å². The fourth-order valence-corrected chi connectivity index (χ4v) is 4.88. The third-order valence-corrected chi connectivity index (χ3v) is 6.81. The first-order valence-electron chi connectivity index (χ1n) is 9.81. The summed E-state index contributed by atoms with van der Waals surface area (Å²) in [5.74, 6) is 0.0368. The van der Waals surface area contributed by atoms with Crippen molar-refractivity contribution in [3.05, 3.63) is 98.7 Å². The highest BCUT2D eigenvalue weighted by Crippen LogP contribution is 2.34. The quantitative estimate of drug-likeness (QED) is 0.341. The van der Waals surface area contributed by atoms with Gasteiger partial charge in [0.25, 0.3) is 5.24 Å². The van der Waals surface area contributed by atoms with E-state index in [-0.39, 0.29) is 23.5 Å². The summed E-state index contributed by atoms with van der Waals surface area (Å²) < 4.78 is 20.0. The lowest BCUT2D eigenvalue weighted by molar-refractivity contribution is -0.127. The zero-order valence-electron chi connectivity index (χ0n) is 16.8. The molecule has 0 radical (unpaired) electrons. The van der Waals surface area contributed by atoms with Crippen LogP contribution in [-0.2, 0) is 24.4 Å². The minimum absolute atomic E-state index is 0.125. The van der Waals surface area contributed by atoms with Crippen molar-refractivity contribution in [2.75, 3.05) is 0 Å². The number of halogens is 3. The number of carbonyl (C=O) groups excluding carboxylic acids is 2. The van der Waals surface area contributed by atoms with Crippen LogP contribution < -0.4 is 4.74 Å². The van der Waals surface area contributed by atoms with E-state index in [0.717, 1.165) is 27.4 Å². The van der Waals surface area contributed by atoms with E-state index >= 15 is 0 Å². The number of rotatable bonds is 7. The van der Waals surface area contributed by atoms with Crippen LogP contribution in [0, 0.1) is 5.82 Å². The van der Waals surface area contributed by atoms with E-state index in [1.54, 1.807) is 24.3 Å². The molecular weight excluding hydrogens is 517 g/mol. The Morgan fingerprint density at radius 3 is 2.41 bits per heavy atom. The van der Waals surface area contributed by atoms with Crippen molar-refractivity contribution >= 4 is 50.4 Å². The summed E-state index contributed by atoms with van der Waals surface area (Å²) >= 11 is 10.4. The smallest absolute Gasteiger partial charge is 0.289 e. The van der Waals surface area contributed by atoms with Crippen LogP contribution in [0.4, 0.5) is 9.18 Å².